The number of carbonyl (C=O) groups excluding carboxylic acids is 2. The summed E-state index contributed by atoms with van der Waals surface area (Å²) in [5, 5.41) is 5.22. The molecule has 1 atom stereocenters. The summed E-state index contributed by atoms with van der Waals surface area (Å²) in [5.74, 6) is -0.749. The number of benzene rings is 1. The van der Waals surface area contributed by atoms with Gasteiger partial charge in [0.1, 0.15) is 0 Å². The van der Waals surface area contributed by atoms with E-state index >= 15 is 0 Å². The third-order valence-corrected chi connectivity index (χ3v) is 5.82. The van der Waals surface area contributed by atoms with Crippen molar-refractivity contribution >= 4 is 22.8 Å². The Balaban J connectivity index is 1.85. The Bertz CT molecular complexity index is 1120. The zero-order valence-electron chi connectivity index (χ0n) is 17.6. The molecule has 1 saturated heterocycles. The van der Waals surface area contributed by atoms with Crippen LogP contribution in [0.1, 0.15) is 48.7 Å². The molecule has 1 fully saturated rings. The maximum absolute atomic E-state index is 13.5. The highest BCUT2D eigenvalue weighted by atomic mass is 16.2. The third-order valence-electron chi connectivity index (χ3n) is 5.82. The van der Waals surface area contributed by atoms with Gasteiger partial charge in [-0.1, -0.05) is 24.3 Å². The number of primary amides is 1. The van der Waals surface area contributed by atoms with E-state index in [2.05, 4.69) is 5.10 Å². The molecular weight excluding hydrogens is 378 g/mol. The molecule has 2 N–H and O–H groups in total. The first-order valence-electron chi connectivity index (χ1n) is 10.4. The van der Waals surface area contributed by atoms with Crippen molar-refractivity contribution in [2.75, 3.05) is 13.1 Å². The number of amides is 2. The maximum Gasteiger partial charge on any atom is 0.254 e. The van der Waals surface area contributed by atoms with Crippen molar-refractivity contribution < 1.29 is 9.59 Å². The summed E-state index contributed by atoms with van der Waals surface area (Å²) in [6.07, 6.45) is 3.21. The minimum Gasteiger partial charge on any atom is -0.369 e. The van der Waals surface area contributed by atoms with Crippen LogP contribution in [0, 0.1) is 12.8 Å². The van der Waals surface area contributed by atoms with Crippen LogP contribution in [-0.4, -0.2) is 44.6 Å². The highest BCUT2D eigenvalue weighted by molar-refractivity contribution is 6.06. The molecule has 4 rings (SSSR count). The van der Waals surface area contributed by atoms with Crippen LogP contribution in [0.15, 0.2) is 36.5 Å². The van der Waals surface area contributed by atoms with Crippen molar-refractivity contribution in [2.45, 2.75) is 39.7 Å². The van der Waals surface area contributed by atoms with E-state index in [-0.39, 0.29) is 23.8 Å². The van der Waals surface area contributed by atoms with Crippen molar-refractivity contribution in [3.05, 3.63) is 47.7 Å². The first-order chi connectivity index (χ1) is 14.4. The molecule has 1 aromatic carbocycles. The fourth-order valence-electron chi connectivity index (χ4n) is 4.14. The number of pyridine rings is 1. The number of carbonyl (C=O) groups is 2. The van der Waals surface area contributed by atoms with E-state index in [1.807, 2.05) is 55.8 Å². The van der Waals surface area contributed by atoms with Crippen molar-refractivity contribution in [2.24, 2.45) is 11.7 Å². The molecule has 1 aliphatic rings. The molecule has 7 heteroatoms. The van der Waals surface area contributed by atoms with Crippen molar-refractivity contribution in [1.82, 2.24) is 19.7 Å². The first-order valence-corrected chi connectivity index (χ1v) is 10.4. The number of likely N-dealkylation sites (tertiary alicyclic amines) is 1. The lowest BCUT2D eigenvalue weighted by Crippen LogP contribution is -2.44. The quantitative estimate of drug-likeness (QED) is 0.720. The summed E-state index contributed by atoms with van der Waals surface area (Å²) in [6, 6.07) is 9.96. The molecule has 1 unspecified atom stereocenters. The highest BCUT2D eigenvalue weighted by Crippen LogP contribution is 2.29. The largest absolute Gasteiger partial charge is 0.369 e. The van der Waals surface area contributed by atoms with Gasteiger partial charge in [0, 0.05) is 24.7 Å². The fourth-order valence-corrected chi connectivity index (χ4v) is 4.14. The molecule has 0 spiro atoms. The van der Waals surface area contributed by atoms with E-state index in [1.165, 1.54) is 0 Å². The van der Waals surface area contributed by atoms with E-state index in [9.17, 15) is 9.59 Å². The molecule has 3 heterocycles. The maximum atomic E-state index is 13.5. The van der Waals surface area contributed by atoms with Crippen molar-refractivity contribution in [3.63, 3.8) is 0 Å². The number of nitrogens with zero attached hydrogens (tertiary/aromatic N) is 4. The van der Waals surface area contributed by atoms with Crippen LogP contribution < -0.4 is 5.73 Å². The van der Waals surface area contributed by atoms with Gasteiger partial charge in [0.15, 0.2) is 5.65 Å². The van der Waals surface area contributed by atoms with Crippen LogP contribution in [0.25, 0.3) is 22.3 Å². The van der Waals surface area contributed by atoms with Gasteiger partial charge in [0.05, 0.1) is 28.8 Å². The standard InChI is InChI=1S/C23H27N5O2/c1-14(2)28-22-19(12-25-28)18(11-20(26-22)17-9-5-4-7-15(17)3)23(30)27-10-6-8-16(13-27)21(24)29/h4-5,7,9,11-12,14,16H,6,8,10,13H2,1-3H3,(H2,24,29). The number of aryl methyl sites for hydroxylation is 1. The summed E-state index contributed by atoms with van der Waals surface area (Å²) in [7, 11) is 0. The highest BCUT2D eigenvalue weighted by Gasteiger charge is 2.29. The van der Waals surface area contributed by atoms with Gasteiger partial charge in [-0.05, 0) is 45.2 Å². The molecule has 0 saturated carbocycles. The Morgan fingerprint density at radius 1 is 1.23 bits per heavy atom. The number of piperidine rings is 1. The fraction of sp³-hybridized carbons (Fsp3) is 0.391. The van der Waals surface area contributed by atoms with E-state index in [4.69, 9.17) is 10.7 Å². The van der Waals surface area contributed by atoms with Gasteiger partial charge in [-0.2, -0.15) is 5.10 Å². The molecule has 0 bridgehead atoms. The van der Waals surface area contributed by atoms with Crippen LogP contribution in [0.4, 0.5) is 0 Å². The van der Waals surface area contributed by atoms with E-state index in [0.29, 0.717) is 24.3 Å². The average molecular weight is 406 g/mol. The first kappa shape index (κ1) is 20.1. The van der Waals surface area contributed by atoms with Gasteiger partial charge in [0.2, 0.25) is 5.91 Å². The summed E-state index contributed by atoms with van der Waals surface area (Å²) in [5.41, 5.74) is 9.59. The topological polar surface area (TPSA) is 94.1 Å². The lowest BCUT2D eigenvalue weighted by molar-refractivity contribution is -0.123. The predicted molar refractivity (Wildman–Crippen MR) is 116 cm³/mol. The Morgan fingerprint density at radius 3 is 2.70 bits per heavy atom. The van der Waals surface area contributed by atoms with Gasteiger partial charge in [0.25, 0.3) is 5.91 Å². The predicted octanol–water partition coefficient (Wildman–Crippen LogP) is 3.33. The summed E-state index contributed by atoms with van der Waals surface area (Å²) < 4.78 is 1.84. The van der Waals surface area contributed by atoms with Crippen molar-refractivity contribution in [3.8, 4) is 11.3 Å². The zero-order valence-corrected chi connectivity index (χ0v) is 17.6. The SMILES string of the molecule is Cc1ccccc1-c1cc(C(=O)N2CCCC(C(N)=O)C2)c2cnn(C(C)C)c2n1. The van der Waals surface area contributed by atoms with Crippen LogP contribution in [0.5, 0.6) is 0 Å². The number of rotatable bonds is 4. The molecule has 7 nitrogen and oxygen atoms in total. The van der Waals surface area contributed by atoms with E-state index in [0.717, 1.165) is 35.0 Å². The lowest BCUT2D eigenvalue weighted by atomic mass is 9.96. The normalized spacial score (nSPS) is 16.9. The number of fused-ring (bicyclic) bond motifs is 1. The minimum absolute atomic E-state index is 0.105. The monoisotopic (exact) mass is 405 g/mol. The summed E-state index contributed by atoms with van der Waals surface area (Å²) >= 11 is 0. The minimum atomic E-state index is -0.347. The Kier molecular flexibility index (Phi) is 5.28. The van der Waals surface area contributed by atoms with Gasteiger partial charge >= 0.3 is 0 Å². The molecule has 2 aromatic heterocycles. The molecule has 2 amide bonds. The second-order valence-corrected chi connectivity index (χ2v) is 8.28. The molecule has 0 radical (unpaired) electrons. The van der Waals surface area contributed by atoms with Gasteiger partial charge < -0.3 is 10.6 Å². The Labute approximate surface area is 175 Å². The number of hydrogen-bond donors (Lipinski definition) is 1. The Morgan fingerprint density at radius 2 is 2.00 bits per heavy atom. The zero-order chi connectivity index (χ0) is 21.4. The van der Waals surface area contributed by atoms with Crippen LogP contribution in [0.2, 0.25) is 0 Å². The molecule has 0 aliphatic carbocycles. The summed E-state index contributed by atoms with van der Waals surface area (Å²) in [6.45, 7) is 7.08. The Hall–Kier alpha value is -3.22. The third kappa shape index (κ3) is 3.56. The molecule has 3 aromatic rings. The van der Waals surface area contributed by atoms with Gasteiger partial charge in [-0.25, -0.2) is 9.67 Å². The van der Waals surface area contributed by atoms with Crippen LogP contribution in [-0.2, 0) is 4.79 Å². The van der Waals surface area contributed by atoms with Crippen molar-refractivity contribution in [1.29, 1.82) is 0 Å². The molecule has 1 aliphatic heterocycles. The van der Waals surface area contributed by atoms with Crippen LogP contribution >= 0.6 is 0 Å². The molecule has 30 heavy (non-hydrogen) atoms. The average Bonchev–Trinajstić information content (AvgIpc) is 3.17. The number of aromatic nitrogens is 3. The number of nitrogens with two attached hydrogens (primary N) is 1. The molecule has 156 valence electrons. The van der Waals surface area contributed by atoms with Gasteiger partial charge in [-0.15, -0.1) is 0 Å². The van der Waals surface area contributed by atoms with E-state index in [1.54, 1.807) is 11.1 Å². The smallest absolute Gasteiger partial charge is 0.254 e. The molecular formula is C23H27N5O2. The second kappa shape index (κ2) is 7.89. The van der Waals surface area contributed by atoms with Gasteiger partial charge in [-0.3, -0.25) is 9.59 Å². The summed E-state index contributed by atoms with van der Waals surface area (Å²) in [4.78, 5) is 31.8. The van der Waals surface area contributed by atoms with Crippen LogP contribution in [0.3, 0.4) is 0 Å². The lowest BCUT2D eigenvalue weighted by Gasteiger charge is -2.31. The number of hydrogen-bond acceptors (Lipinski definition) is 4. The van der Waals surface area contributed by atoms with E-state index < -0.39 is 0 Å². The second-order valence-electron chi connectivity index (χ2n) is 8.28.